The molecule has 22 heavy (non-hydrogen) atoms. The summed E-state index contributed by atoms with van der Waals surface area (Å²) in [6, 6.07) is 6.88. The molecule has 122 valence electrons. The first kappa shape index (κ1) is 18.1. The van der Waals surface area contributed by atoms with Crippen molar-refractivity contribution in [3.63, 3.8) is 0 Å². The van der Waals surface area contributed by atoms with Crippen LogP contribution < -0.4 is 0 Å². The Morgan fingerprint density at radius 3 is 2.32 bits per heavy atom. The molecule has 0 saturated heterocycles. The van der Waals surface area contributed by atoms with Crippen molar-refractivity contribution in [1.29, 1.82) is 0 Å². The number of carbonyl (C=O) groups is 2. The van der Waals surface area contributed by atoms with Crippen LogP contribution >= 0.6 is 0 Å². The molecule has 3 N–H and O–H groups in total. The summed E-state index contributed by atoms with van der Waals surface area (Å²) >= 11 is 0. The van der Waals surface area contributed by atoms with E-state index in [1.165, 1.54) is 4.90 Å². The van der Waals surface area contributed by atoms with Crippen LogP contribution in [0, 0.1) is 5.41 Å². The highest BCUT2D eigenvalue weighted by molar-refractivity contribution is 5.95. The quantitative estimate of drug-likeness (QED) is 0.659. The molecule has 0 aliphatic carbocycles. The van der Waals surface area contributed by atoms with E-state index in [4.69, 9.17) is 5.11 Å². The fourth-order valence-electron chi connectivity index (χ4n) is 2.19. The number of nitrogens with zero attached hydrogens (tertiary/aromatic N) is 1. The molecule has 0 heterocycles. The lowest BCUT2D eigenvalue weighted by atomic mass is 9.92. The first-order valence-corrected chi connectivity index (χ1v) is 7.10. The van der Waals surface area contributed by atoms with Crippen molar-refractivity contribution in [3.8, 4) is 0 Å². The maximum atomic E-state index is 12.5. The summed E-state index contributed by atoms with van der Waals surface area (Å²) in [7, 11) is 1.60. The molecule has 0 aromatic heterocycles. The number of amides is 1. The van der Waals surface area contributed by atoms with Gasteiger partial charge in [0.25, 0.3) is 5.91 Å². The van der Waals surface area contributed by atoms with Crippen LogP contribution in [0.5, 0.6) is 0 Å². The molecule has 1 amide bonds. The van der Waals surface area contributed by atoms with E-state index >= 15 is 0 Å². The number of aliphatic carboxylic acids is 1. The van der Waals surface area contributed by atoms with Crippen molar-refractivity contribution < 1.29 is 24.9 Å². The van der Waals surface area contributed by atoms with Gasteiger partial charge in [0.15, 0.2) is 0 Å². The first-order valence-electron chi connectivity index (χ1n) is 7.10. The molecular formula is C16H23NO5. The van der Waals surface area contributed by atoms with Gasteiger partial charge in [0, 0.05) is 31.0 Å². The summed E-state index contributed by atoms with van der Waals surface area (Å²) < 4.78 is 0. The maximum Gasteiger partial charge on any atom is 0.303 e. The predicted octanol–water partition coefficient (Wildman–Crippen LogP) is 0.767. The molecule has 0 aliphatic heterocycles. The Bertz CT molecular complexity index is 525. The fourth-order valence-corrected chi connectivity index (χ4v) is 2.19. The minimum atomic E-state index is -0.913. The zero-order valence-electron chi connectivity index (χ0n) is 13.0. The Morgan fingerprint density at radius 1 is 1.18 bits per heavy atom. The van der Waals surface area contributed by atoms with Crippen LogP contribution in [0.4, 0.5) is 0 Å². The first-order chi connectivity index (χ1) is 10.3. The smallest absolute Gasteiger partial charge is 0.303 e. The summed E-state index contributed by atoms with van der Waals surface area (Å²) in [5.41, 5.74) is 0.348. The standard InChI is InChI=1S/C16H23NO5/c1-16(10-18,11-19)9-17(2)15(22)13-6-4-3-5-12(13)7-8-14(20)21/h3-6,18-19H,7-11H2,1-2H3,(H,20,21). The third-order valence-electron chi connectivity index (χ3n) is 3.59. The van der Waals surface area contributed by atoms with Gasteiger partial charge < -0.3 is 20.2 Å². The largest absolute Gasteiger partial charge is 0.481 e. The van der Waals surface area contributed by atoms with Gasteiger partial charge in [-0.25, -0.2) is 0 Å². The third-order valence-corrected chi connectivity index (χ3v) is 3.59. The van der Waals surface area contributed by atoms with E-state index < -0.39 is 11.4 Å². The van der Waals surface area contributed by atoms with Crippen LogP contribution in [0.2, 0.25) is 0 Å². The number of benzene rings is 1. The Kier molecular flexibility index (Phi) is 6.52. The van der Waals surface area contributed by atoms with Crippen LogP contribution in [-0.2, 0) is 11.2 Å². The number of hydrogen-bond acceptors (Lipinski definition) is 4. The summed E-state index contributed by atoms with van der Waals surface area (Å²) in [6.07, 6.45) is 0.237. The molecule has 1 aromatic carbocycles. The SMILES string of the molecule is CN(CC(C)(CO)CO)C(=O)c1ccccc1CCC(=O)O. The van der Waals surface area contributed by atoms with Crippen molar-refractivity contribution in [2.75, 3.05) is 26.8 Å². The molecule has 1 rings (SSSR count). The molecule has 0 fully saturated rings. The number of carboxylic acid groups (broad SMARTS) is 1. The van der Waals surface area contributed by atoms with Gasteiger partial charge in [-0.3, -0.25) is 9.59 Å². The Hall–Kier alpha value is -1.92. The second-order valence-electron chi connectivity index (χ2n) is 5.84. The maximum absolute atomic E-state index is 12.5. The Labute approximate surface area is 130 Å². The van der Waals surface area contributed by atoms with E-state index in [1.54, 1.807) is 38.2 Å². The van der Waals surface area contributed by atoms with Crippen LogP contribution in [0.1, 0.15) is 29.3 Å². The van der Waals surface area contributed by atoms with E-state index in [9.17, 15) is 19.8 Å². The Balaban J connectivity index is 2.90. The molecule has 0 radical (unpaired) electrons. The lowest BCUT2D eigenvalue weighted by molar-refractivity contribution is -0.136. The third kappa shape index (κ3) is 4.82. The van der Waals surface area contributed by atoms with Crippen molar-refractivity contribution in [3.05, 3.63) is 35.4 Å². The molecule has 0 bridgehead atoms. The highest BCUT2D eigenvalue weighted by Crippen LogP contribution is 2.19. The van der Waals surface area contributed by atoms with Crippen molar-refractivity contribution >= 4 is 11.9 Å². The summed E-state index contributed by atoms with van der Waals surface area (Å²) in [5, 5.41) is 27.4. The highest BCUT2D eigenvalue weighted by atomic mass is 16.4. The molecule has 0 aliphatic rings. The molecule has 1 aromatic rings. The minimum absolute atomic E-state index is 0.0427. The number of aliphatic hydroxyl groups is 2. The van der Waals surface area contributed by atoms with E-state index in [1.807, 2.05) is 0 Å². The fraction of sp³-hybridized carbons (Fsp3) is 0.500. The number of carboxylic acids is 1. The number of hydrogen-bond donors (Lipinski definition) is 3. The van der Waals surface area contributed by atoms with Gasteiger partial charge in [0.2, 0.25) is 0 Å². The van der Waals surface area contributed by atoms with Crippen molar-refractivity contribution in [2.45, 2.75) is 19.8 Å². The van der Waals surface area contributed by atoms with Crippen molar-refractivity contribution in [2.24, 2.45) is 5.41 Å². The number of aliphatic hydroxyl groups excluding tert-OH is 2. The summed E-state index contributed by atoms with van der Waals surface area (Å²) in [5.74, 6) is -1.17. The van der Waals surface area contributed by atoms with Gasteiger partial charge >= 0.3 is 5.97 Å². The molecular weight excluding hydrogens is 286 g/mol. The van der Waals surface area contributed by atoms with Gasteiger partial charge in [0.1, 0.15) is 0 Å². The second-order valence-corrected chi connectivity index (χ2v) is 5.84. The lowest BCUT2D eigenvalue weighted by Gasteiger charge is -2.30. The molecule has 0 saturated carbocycles. The highest BCUT2D eigenvalue weighted by Gasteiger charge is 2.27. The molecule has 6 nitrogen and oxygen atoms in total. The molecule has 0 unspecified atom stereocenters. The van der Waals surface area contributed by atoms with E-state index in [2.05, 4.69) is 0 Å². The van der Waals surface area contributed by atoms with Crippen LogP contribution in [0.15, 0.2) is 24.3 Å². The monoisotopic (exact) mass is 309 g/mol. The normalized spacial score (nSPS) is 11.3. The predicted molar refractivity (Wildman–Crippen MR) is 81.6 cm³/mol. The van der Waals surface area contributed by atoms with Crippen molar-refractivity contribution in [1.82, 2.24) is 4.90 Å². The zero-order chi connectivity index (χ0) is 16.8. The van der Waals surface area contributed by atoms with Gasteiger partial charge in [-0.2, -0.15) is 0 Å². The van der Waals surface area contributed by atoms with Crippen LogP contribution in [-0.4, -0.2) is 58.9 Å². The van der Waals surface area contributed by atoms with E-state index in [0.29, 0.717) is 11.1 Å². The number of aryl methyl sites for hydroxylation is 1. The lowest BCUT2D eigenvalue weighted by Crippen LogP contribution is -2.41. The molecule has 6 heteroatoms. The second kappa shape index (κ2) is 7.91. The average Bonchev–Trinajstić information content (AvgIpc) is 2.52. The molecule has 0 spiro atoms. The molecule has 0 atom stereocenters. The van der Waals surface area contributed by atoms with E-state index in [0.717, 1.165) is 0 Å². The van der Waals surface area contributed by atoms with Crippen LogP contribution in [0.25, 0.3) is 0 Å². The van der Waals surface area contributed by atoms with Gasteiger partial charge in [-0.15, -0.1) is 0 Å². The average molecular weight is 309 g/mol. The van der Waals surface area contributed by atoms with Crippen LogP contribution in [0.3, 0.4) is 0 Å². The topological polar surface area (TPSA) is 98.1 Å². The van der Waals surface area contributed by atoms with Gasteiger partial charge in [-0.1, -0.05) is 25.1 Å². The van der Waals surface area contributed by atoms with Gasteiger partial charge in [-0.05, 0) is 18.1 Å². The van der Waals surface area contributed by atoms with Gasteiger partial charge in [0.05, 0.1) is 13.2 Å². The Morgan fingerprint density at radius 2 is 1.77 bits per heavy atom. The summed E-state index contributed by atoms with van der Waals surface area (Å²) in [4.78, 5) is 24.7. The minimum Gasteiger partial charge on any atom is -0.481 e. The van der Waals surface area contributed by atoms with E-state index in [-0.39, 0.29) is 38.5 Å². The number of carbonyl (C=O) groups excluding carboxylic acids is 1. The zero-order valence-corrected chi connectivity index (χ0v) is 13.0. The summed E-state index contributed by atoms with van der Waals surface area (Å²) in [6.45, 7) is 1.42. The number of rotatable bonds is 8.